The van der Waals surface area contributed by atoms with Crippen molar-refractivity contribution in [2.75, 3.05) is 24.5 Å². The van der Waals surface area contributed by atoms with Gasteiger partial charge < -0.3 is 14.5 Å². The molecule has 8 heteroatoms. The van der Waals surface area contributed by atoms with E-state index in [1.165, 1.54) is 12.4 Å². The van der Waals surface area contributed by atoms with Crippen LogP contribution in [-0.2, 0) is 4.79 Å². The van der Waals surface area contributed by atoms with E-state index in [4.69, 9.17) is 4.74 Å². The Balaban J connectivity index is 1.65. The number of carbonyl (C=O) groups is 1. The minimum Gasteiger partial charge on any atom is -0.439 e. The Morgan fingerprint density at radius 2 is 2.00 bits per heavy atom. The standard InChI is InChI=1S/C23H30F2N4O2/c1-4-6-7-17(5-2)23(30)29-11-10-28(14-16(29)3)21-13-22(27-15-26-21)31-18-8-9-19(24)20(25)12-18/h8-9,12-13,15-17H,4-7,10-11,14H2,1-3H3. The zero-order chi connectivity index (χ0) is 22.4. The number of benzene rings is 1. The number of amides is 1. The Kier molecular flexibility index (Phi) is 7.76. The minimum atomic E-state index is -0.981. The summed E-state index contributed by atoms with van der Waals surface area (Å²) in [6.45, 7) is 8.21. The summed E-state index contributed by atoms with van der Waals surface area (Å²) in [4.78, 5) is 25.5. The van der Waals surface area contributed by atoms with Crippen LogP contribution < -0.4 is 9.64 Å². The molecule has 31 heavy (non-hydrogen) atoms. The fourth-order valence-electron chi connectivity index (χ4n) is 3.90. The SMILES string of the molecule is CCCCC(CC)C(=O)N1CCN(c2cc(Oc3ccc(F)c(F)c3)ncn2)CC1C. The van der Waals surface area contributed by atoms with Gasteiger partial charge in [0.2, 0.25) is 11.8 Å². The third-order valence-electron chi connectivity index (χ3n) is 5.72. The molecule has 1 fully saturated rings. The van der Waals surface area contributed by atoms with Gasteiger partial charge in [-0.1, -0.05) is 26.7 Å². The van der Waals surface area contributed by atoms with E-state index in [1.807, 2.05) is 4.90 Å². The van der Waals surface area contributed by atoms with Crippen LogP contribution in [0.3, 0.4) is 0 Å². The number of ether oxygens (including phenoxy) is 1. The zero-order valence-corrected chi connectivity index (χ0v) is 18.4. The maximum atomic E-state index is 13.4. The van der Waals surface area contributed by atoms with Crippen molar-refractivity contribution in [3.63, 3.8) is 0 Å². The number of hydrogen-bond acceptors (Lipinski definition) is 5. The van der Waals surface area contributed by atoms with Crippen LogP contribution in [0.5, 0.6) is 11.6 Å². The second kappa shape index (κ2) is 10.5. The van der Waals surface area contributed by atoms with Crippen molar-refractivity contribution >= 4 is 11.7 Å². The molecule has 0 radical (unpaired) electrons. The summed E-state index contributed by atoms with van der Waals surface area (Å²) in [5.41, 5.74) is 0. The van der Waals surface area contributed by atoms with E-state index in [-0.39, 0.29) is 29.5 Å². The quantitative estimate of drug-likeness (QED) is 0.600. The number of anilines is 1. The molecule has 0 N–H and O–H groups in total. The zero-order valence-electron chi connectivity index (χ0n) is 18.4. The summed E-state index contributed by atoms with van der Waals surface area (Å²) in [6.07, 6.45) is 5.35. The summed E-state index contributed by atoms with van der Waals surface area (Å²) >= 11 is 0. The normalized spacial score (nSPS) is 17.5. The van der Waals surface area contributed by atoms with Crippen LogP contribution in [0.2, 0.25) is 0 Å². The van der Waals surface area contributed by atoms with Gasteiger partial charge in [0.05, 0.1) is 0 Å². The van der Waals surface area contributed by atoms with Crippen molar-refractivity contribution in [2.45, 2.75) is 52.5 Å². The van der Waals surface area contributed by atoms with Gasteiger partial charge in [0.25, 0.3) is 0 Å². The van der Waals surface area contributed by atoms with Crippen molar-refractivity contribution in [3.05, 3.63) is 42.2 Å². The van der Waals surface area contributed by atoms with Gasteiger partial charge in [-0.15, -0.1) is 0 Å². The summed E-state index contributed by atoms with van der Waals surface area (Å²) in [6, 6.07) is 5.06. The van der Waals surface area contributed by atoms with E-state index in [1.54, 1.807) is 6.07 Å². The lowest BCUT2D eigenvalue weighted by Gasteiger charge is -2.41. The molecular formula is C23H30F2N4O2. The summed E-state index contributed by atoms with van der Waals surface area (Å²) in [5.74, 6) is -0.512. The maximum absolute atomic E-state index is 13.4. The van der Waals surface area contributed by atoms with Crippen LogP contribution in [-0.4, -0.2) is 46.5 Å². The van der Waals surface area contributed by atoms with Crippen LogP contribution in [0.15, 0.2) is 30.6 Å². The molecule has 0 aliphatic carbocycles. The largest absolute Gasteiger partial charge is 0.439 e. The molecule has 1 aromatic carbocycles. The Hall–Kier alpha value is -2.77. The van der Waals surface area contributed by atoms with E-state index in [2.05, 4.69) is 35.6 Å². The highest BCUT2D eigenvalue weighted by atomic mass is 19.2. The lowest BCUT2D eigenvalue weighted by atomic mass is 9.96. The topological polar surface area (TPSA) is 58.6 Å². The molecule has 2 aromatic rings. The van der Waals surface area contributed by atoms with Crippen LogP contribution in [0.25, 0.3) is 0 Å². The van der Waals surface area contributed by atoms with Gasteiger partial charge >= 0.3 is 0 Å². The molecule has 0 saturated carbocycles. The highest BCUT2D eigenvalue weighted by Crippen LogP contribution is 2.26. The second-order valence-corrected chi connectivity index (χ2v) is 7.97. The lowest BCUT2D eigenvalue weighted by molar-refractivity contribution is -0.138. The number of carbonyl (C=O) groups excluding carboxylic acids is 1. The van der Waals surface area contributed by atoms with E-state index in [0.29, 0.717) is 25.5 Å². The maximum Gasteiger partial charge on any atom is 0.226 e. The van der Waals surface area contributed by atoms with Crippen molar-refractivity contribution in [3.8, 4) is 11.6 Å². The van der Waals surface area contributed by atoms with Crippen molar-refractivity contribution < 1.29 is 18.3 Å². The Labute approximate surface area is 182 Å². The first-order valence-corrected chi connectivity index (χ1v) is 10.9. The lowest BCUT2D eigenvalue weighted by Crippen LogP contribution is -2.55. The van der Waals surface area contributed by atoms with Crippen LogP contribution in [0.1, 0.15) is 46.5 Å². The number of rotatable bonds is 8. The van der Waals surface area contributed by atoms with Gasteiger partial charge in [-0.25, -0.2) is 18.7 Å². The van der Waals surface area contributed by atoms with Crippen LogP contribution in [0.4, 0.5) is 14.6 Å². The smallest absolute Gasteiger partial charge is 0.226 e. The molecule has 2 atom stereocenters. The van der Waals surface area contributed by atoms with Crippen LogP contribution in [0, 0.1) is 17.6 Å². The number of piperazine rings is 1. The third-order valence-corrected chi connectivity index (χ3v) is 5.72. The fraction of sp³-hybridized carbons (Fsp3) is 0.522. The van der Waals surface area contributed by atoms with Crippen LogP contribution >= 0.6 is 0 Å². The molecule has 2 heterocycles. The van der Waals surface area contributed by atoms with Crippen molar-refractivity contribution in [2.24, 2.45) is 5.92 Å². The van der Waals surface area contributed by atoms with Gasteiger partial charge in [0, 0.05) is 43.7 Å². The van der Waals surface area contributed by atoms with Gasteiger partial charge in [-0.05, 0) is 31.9 Å². The molecule has 1 aliphatic heterocycles. The number of unbranched alkanes of at least 4 members (excludes halogenated alkanes) is 1. The highest BCUT2D eigenvalue weighted by Gasteiger charge is 2.31. The summed E-state index contributed by atoms with van der Waals surface area (Å²) in [7, 11) is 0. The van der Waals surface area contributed by atoms with Gasteiger partial charge in [0.15, 0.2) is 11.6 Å². The molecule has 0 spiro atoms. The molecule has 6 nitrogen and oxygen atoms in total. The predicted molar refractivity (Wildman–Crippen MR) is 115 cm³/mol. The molecular weight excluding hydrogens is 402 g/mol. The Bertz CT molecular complexity index is 896. The molecule has 1 aliphatic rings. The highest BCUT2D eigenvalue weighted by molar-refractivity contribution is 5.79. The minimum absolute atomic E-state index is 0.0578. The first-order valence-electron chi connectivity index (χ1n) is 10.9. The molecule has 0 bridgehead atoms. The monoisotopic (exact) mass is 432 g/mol. The average Bonchev–Trinajstić information content (AvgIpc) is 2.77. The van der Waals surface area contributed by atoms with E-state index in [0.717, 1.165) is 37.8 Å². The summed E-state index contributed by atoms with van der Waals surface area (Å²) < 4.78 is 32.1. The summed E-state index contributed by atoms with van der Waals surface area (Å²) in [5, 5.41) is 0. The fourth-order valence-corrected chi connectivity index (χ4v) is 3.90. The average molecular weight is 433 g/mol. The van der Waals surface area contributed by atoms with E-state index >= 15 is 0 Å². The van der Waals surface area contributed by atoms with Gasteiger partial charge in [-0.3, -0.25) is 4.79 Å². The first-order chi connectivity index (χ1) is 14.9. The molecule has 1 amide bonds. The predicted octanol–water partition coefficient (Wildman–Crippen LogP) is 4.80. The molecule has 2 unspecified atom stereocenters. The first kappa shape index (κ1) is 22.9. The van der Waals surface area contributed by atoms with E-state index < -0.39 is 11.6 Å². The molecule has 3 rings (SSSR count). The number of nitrogens with zero attached hydrogens (tertiary/aromatic N) is 4. The van der Waals surface area contributed by atoms with E-state index in [9.17, 15) is 13.6 Å². The van der Waals surface area contributed by atoms with Crippen molar-refractivity contribution in [1.29, 1.82) is 0 Å². The number of halogens is 2. The van der Waals surface area contributed by atoms with Gasteiger partial charge in [-0.2, -0.15) is 0 Å². The molecule has 1 saturated heterocycles. The van der Waals surface area contributed by atoms with Crippen molar-refractivity contribution in [1.82, 2.24) is 14.9 Å². The third kappa shape index (κ3) is 5.68. The molecule has 168 valence electrons. The number of hydrogen-bond donors (Lipinski definition) is 0. The second-order valence-electron chi connectivity index (χ2n) is 7.97. The molecule has 1 aromatic heterocycles. The number of aromatic nitrogens is 2. The Morgan fingerprint density at radius 1 is 1.19 bits per heavy atom. The van der Waals surface area contributed by atoms with Gasteiger partial charge in [0.1, 0.15) is 17.9 Å². The Morgan fingerprint density at radius 3 is 2.68 bits per heavy atom.